The van der Waals surface area contributed by atoms with Crippen molar-refractivity contribution in [3.8, 4) is 0 Å². The van der Waals surface area contributed by atoms with Crippen molar-refractivity contribution in [3.63, 3.8) is 0 Å². The molecule has 9 nitrogen and oxygen atoms in total. The van der Waals surface area contributed by atoms with E-state index in [0.717, 1.165) is 41.5 Å². The highest BCUT2D eigenvalue weighted by atomic mass is 32.2. The number of carbonyl (C=O) groups is 3. The molecule has 1 fully saturated rings. The van der Waals surface area contributed by atoms with Gasteiger partial charge >= 0.3 is 11.9 Å². The quantitative estimate of drug-likeness (QED) is 0.157. The summed E-state index contributed by atoms with van der Waals surface area (Å²) in [4.78, 5) is 56.6. The summed E-state index contributed by atoms with van der Waals surface area (Å²) in [5.74, 6) is -1.40. The number of esters is 2. The molecule has 0 aliphatic heterocycles. The van der Waals surface area contributed by atoms with Crippen molar-refractivity contribution in [2.75, 3.05) is 25.3 Å². The number of thioether (sulfide) groups is 1. The van der Waals surface area contributed by atoms with Gasteiger partial charge in [-0.05, 0) is 42.2 Å². The van der Waals surface area contributed by atoms with Crippen LogP contribution in [0.1, 0.15) is 69.2 Å². The van der Waals surface area contributed by atoms with Crippen molar-refractivity contribution in [2.45, 2.75) is 56.6 Å². The Morgan fingerprint density at radius 1 is 1.21 bits per heavy atom. The van der Waals surface area contributed by atoms with Crippen molar-refractivity contribution in [3.05, 3.63) is 50.0 Å². The molecular weight excluding hydrogens is 547 g/mol. The highest BCUT2D eigenvalue weighted by molar-refractivity contribution is 7.99. The highest BCUT2D eigenvalue weighted by Gasteiger charge is 2.27. The Balaban J connectivity index is 1.59. The Hall–Kier alpha value is -2.96. The van der Waals surface area contributed by atoms with E-state index in [0.29, 0.717) is 26.9 Å². The number of fused-ring (bicyclic) bond motifs is 1. The van der Waals surface area contributed by atoms with Crippen LogP contribution in [0.4, 0.5) is 5.00 Å². The number of hydrogen-bond acceptors (Lipinski definition) is 10. The summed E-state index contributed by atoms with van der Waals surface area (Å²) in [5.41, 5.74) is 1.44. The van der Waals surface area contributed by atoms with Gasteiger partial charge in [-0.2, -0.15) is 0 Å². The van der Waals surface area contributed by atoms with E-state index in [4.69, 9.17) is 14.5 Å². The molecule has 0 bridgehead atoms. The van der Waals surface area contributed by atoms with Gasteiger partial charge in [-0.1, -0.05) is 37.1 Å². The SMILES string of the molecule is C=CCn1c(SCC(=O)Nc2sc(C(=O)OC)c(C)c2C(=O)OC)nc2scc(C3CCCCC3)c2c1=O. The number of ether oxygens (including phenoxy) is 2. The van der Waals surface area contributed by atoms with Crippen LogP contribution in [0.3, 0.4) is 0 Å². The number of hydrogen-bond donors (Lipinski definition) is 1. The molecule has 0 aromatic carbocycles. The third-order valence-corrected chi connectivity index (χ3v) is 9.59. The van der Waals surface area contributed by atoms with Gasteiger partial charge in [0.25, 0.3) is 5.56 Å². The number of carbonyl (C=O) groups excluding carboxylic acids is 3. The first-order valence-corrected chi connectivity index (χ1v) is 14.8. The summed E-state index contributed by atoms with van der Waals surface area (Å²) in [6.07, 6.45) is 7.37. The maximum Gasteiger partial charge on any atom is 0.348 e. The van der Waals surface area contributed by atoms with Crippen LogP contribution >= 0.6 is 34.4 Å². The zero-order valence-electron chi connectivity index (χ0n) is 21.5. The Labute approximate surface area is 232 Å². The smallest absolute Gasteiger partial charge is 0.348 e. The van der Waals surface area contributed by atoms with Gasteiger partial charge in [0.05, 0.1) is 30.9 Å². The number of rotatable bonds is 9. The minimum atomic E-state index is -0.671. The van der Waals surface area contributed by atoms with E-state index >= 15 is 0 Å². The fourth-order valence-electron chi connectivity index (χ4n) is 4.67. The molecular formula is C26H29N3O6S3. The minimum Gasteiger partial charge on any atom is -0.465 e. The predicted molar refractivity (Wildman–Crippen MR) is 151 cm³/mol. The van der Waals surface area contributed by atoms with Crippen molar-refractivity contribution < 1.29 is 23.9 Å². The van der Waals surface area contributed by atoms with Crippen LogP contribution < -0.4 is 10.9 Å². The number of nitrogens with zero attached hydrogens (tertiary/aromatic N) is 2. The number of nitrogens with one attached hydrogen (secondary N) is 1. The lowest BCUT2D eigenvalue weighted by Crippen LogP contribution is -2.24. The standard InChI is InChI=1S/C26H29N3O6S3/c1-5-11-29-23(31)19-16(15-9-7-6-8-10-15)12-36-21(19)28-26(29)37-13-17(30)27-22-18(24(32)34-3)14(2)20(38-22)25(33)35-4/h5,12,15H,1,6-11,13H2,2-4H3,(H,27,30). The second-order valence-electron chi connectivity index (χ2n) is 8.89. The molecule has 0 atom stereocenters. The molecule has 0 spiro atoms. The number of allylic oxidation sites excluding steroid dienone is 1. The van der Waals surface area contributed by atoms with Gasteiger partial charge in [-0.3, -0.25) is 14.2 Å². The molecule has 1 N–H and O–H groups in total. The van der Waals surface area contributed by atoms with Crippen molar-refractivity contribution in [2.24, 2.45) is 0 Å². The maximum atomic E-state index is 13.6. The van der Waals surface area contributed by atoms with Crippen molar-refractivity contribution in [1.82, 2.24) is 9.55 Å². The monoisotopic (exact) mass is 575 g/mol. The molecule has 12 heteroatoms. The molecule has 0 radical (unpaired) electrons. The van der Waals surface area contributed by atoms with Crippen molar-refractivity contribution in [1.29, 1.82) is 0 Å². The van der Waals surface area contributed by atoms with Crippen LogP contribution in [0.15, 0.2) is 28.0 Å². The fourth-order valence-corrected chi connectivity index (χ4v) is 7.67. The summed E-state index contributed by atoms with van der Waals surface area (Å²) in [6.45, 7) is 5.64. The number of methoxy groups -OCH3 is 2. The molecule has 38 heavy (non-hydrogen) atoms. The third-order valence-electron chi connectivity index (χ3n) is 6.54. The van der Waals surface area contributed by atoms with Gasteiger partial charge in [0, 0.05) is 6.54 Å². The van der Waals surface area contributed by atoms with Gasteiger partial charge in [-0.25, -0.2) is 14.6 Å². The second kappa shape index (κ2) is 12.3. The molecule has 202 valence electrons. The Kier molecular flexibility index (Phi) is 9.06. The van der Waals surface area contributed by atoms with Gasteiger partial charge in [0.1, 0.15) is 14.7 Å². The van der Waals surface area contributed by atoms with E-state index in [9.17, 15) is 19.2 Å². The van der Waals surface area contributed by atoms with Gasteiger partial charge in [0.15, 0.2) is 5.16 Å². The summed E-state index contributed by atoms with van der Waals surface area (Å²) in [6, 6.07) is 0. The topological polar surface area (TPSA) is 117 Å². The normalized spacial score (nSPS) is 13.9. The zero-order valence-corrected chi connectivity index (χ0v) is 23.9. The number of anilines is 1. The third kappa shape index (κ3) is 5.57. The first kappa shape index (κ1) is 28.1. The van der Waals surface area contributed by atoms with Gasteiger partial charge in [0.2, 0.25) is 5.91 Å². The molecule has 1 amide bonds. The molecule has 3 aromatic rings. The van der Waals surface area contributed by atoms with Crippen LogP contribution in [-0.2, 0) is 20.8 Å². The Morgan fingerprint density at radius 3 is 2.58 bits per heavy atom. The fraction of sp³-hybridized carbons (Fsp3) is 0.423. The van der Waals surface area contributed by atoms with Crippen LogP contribution in [0, 0.1) is 6.92 Å². The maximum absolute atomic E-state index is 13.6. The zero-order chi connectivity index (χ0) is 27.4. The van der Waals surface area contributed by atoms with E-state index < -0.39 is 17.8 Å². The van der Waals surface area contributed by atoms with Crippen LogP contribution in [0.2, 0.25) is 0 Å². The first-order valence-electron chi connectivity index (χ1n) is 12.2. The van der Waals surface area contributed by atoms with E-state index in [1.54, 1.807) is 17.6 Å². The van der Waals surface area contributed by atoms with Crippen molar-refractivity contribution >= 4 is 67.5 Å². The first-order chi connectivity index (χ1) is 18.3. The van der Waals surface area contributed by atoms with E-state index in [1.807, 2.05) is 0 Å². The summed E-state index contributed by atoms with van der Waals surface area (Å²) < 4.78 is 11.2. The van der Waals surface area contributed by atoms with Crippen LogP contribution in [-0.4, -0.2) is 47.4 Å². The van der Waals surface area contributed by atoms with Gasteiger partial charge in [-0.15, -0.1) is 29.3 Å². The number of amides is 1. The largest absolute Gasteiger partial charge is 0.465 e. The van der Waals surface area contributed by atoms with E-state index in [2.05, 4.69) is 17.3 Å². The lowest BCUT2D eigenvalue weighted by molar-refractivity contribution is -0.113. The summed E-state index contributed by atoms with van der Waals surface area (Å²) in [5, 5.41) is 6.05. The van der Waals surface area contributed by atoms with Crippen LogP contribution in [0.25, 0.3) is 10.2 Å². The van der Waals surface area contributed by atoms with Crippen LogP contribution in [0.5, 0.6) is 0 Å². The second-order valence-corrected chi connectivity index (χ2v) is 11.7. The molecule has 0 saturated heterocycles. The summed E-state index contributed by atoms with van der Waals surface area (Å²) in [7, 11) is 2.47. The van der Waals surface area contributed by atoms with Gasteiger partial charge < -0.3 is 14.8 Å². The molecule has 1 aliphatic rings. The average Bonchev–Trinajstić information content (AvgIpc) is 3.50. The number of thiophene rings is 2. The molecule has 1 saturated carbocycles. The molecule has 3 heterocycles. The Bertz CT molecular complexity index is 1450. The van der Waals surface area contributed by atoms with E-state index in [1.165, 1.54) is 44.8 Å². The molecule has 4 rings (SSSR count). The minimum absolute atomic E-state index is 0.0684. The molecule has 3 aromatic heterocycles. The predicted octanol–water partition coefficient (Wildman–Crippen LogP) is 5.37. The Morgan fingerprint density at radius 2 is 1.92 bits per heavy atom. The lowest BCUT2D eigenvalue weighted by atomic mass is 9.84. The summed E-state index contributed by atoms with van der Waals surface area (Å²) >= 11 is 3.53. The van der Waals surface area contributed by atoms with E-state index in [-0.39, 0.29) is 33.3 Å². The highest BCUT2D eigenvalue weighted by Crippen LogP contribution is 2.38. The number of aromatic nitrogens is 2. The molecule has 1 aliphatic carbocycles. The lowest BCUT2D eigenvalue weighted by Gasteiger charge is -2.21. The average molecular weight is 576 g/mol. The molecule has 0 unspecified atom stereocenters.